The van der Waals surface area contributed by atoms with Crippen molar-refractivity contribution >= 4 is 17.6 Å². The van der Waals surface area contributed by atoms with E-state index in [2.05, 4.69) is 29.4 Å². The van der Waals surface area contributed by atoms with E-state index in [9.17, 15) is 14.4 Å². The molecule has 0 bridgehead atoms. The second kappa shape index (κ2) is 6.40. The molecule has 0 unspecified atom stereocenters. The first-order chi connectivity index (χ1) is 13.2. The zero-order valence-corrected chi connectivity index (χ0v) is 15.6. The van der Waals surface area contributed by atoms with Crippen LogP contribution in [0.1, 0.15) is 43.7 Å². The summed E-state index contributed by atoms with van der Waals surface area (Å²) in [5.41, 5.74) is 2.28. The van der Waals surface area contributed by atoms with Gasteiger partial charge in [0.2, 0.25) is 0 Å². The summed E-state index contributed by atoms with van der Waals surface area (Å²) in [6.07, 6.45) is 1.12. The Labute approximate surface area is 160 Å². The number of H-pyrrole nitrogens is 2. The average Bonchev–Trinajstić information content (AvgIpc) is 2.98. The number of carboxylic acids is 1. The van der Waals surface area contributed by atoms with Crippen LogP contribution in [-0.4, -0.2) is 33.7 Å². The fourth-order valence-corrected chi connectivity index (χ4v) is 4.05. The van der Waals surface area contributed by atoms with Gasteiger partial charge in [0.25, 0.3) is 5.56 Å². The van der Waals surface area contributed by atoms with Crippen molar-refractivity contribution in [2.75, 3.05) is 11.9 Å². The van der Waals surface area contributed by atoms with Crippen LogP contribution in [0.15, 0.2) is 40.3 Å². The van der Waals surface area contributed by atoms with E-state index in [0.717, 1.165) is 11.3 Å². The summed E-state index contributed by atoms with van der Waals surface area (Å²) in [7, 11) is 0. The molecule has 1 aromatic carbocycles. The van der Waals surface area contributed by atoms with Gasteiger partial charge in [-0.3, -0.25) is 19.8 Å². The number of ether oxygens (including phenoxy) is 1. The Balaban J connectivity index is 1.78. The average molecular weight is 383 g/mol. The highest BCUT2D eigenvalue weighted by molar-refractivity contribution is 6.01. The lowest BCUT2D eigenvalue weighted by atomic mass is 9.69. The van der Waals surface area contributed by atoms with Crippen LogP contribution in [0.25, 0.3) is 0 Å². The maximum Gasteiger partial charge on any atom is 0.341 e. The van der Waals surface area contributed by atoms with Crippen molar-refractivity contribution in [2.45, 2.75) is 32.6 Å². The van der Waals surface area contributed by atoms with E-state index < -0.39 is 18.5 Å². The Morgan fingerprint density at radius 1 is 1.18 bits per heavy atom. The van der Waals surface area contributed by atoms with E-state index in [0.29, 0.717) is 35.5 Å². The third-order valence-corrected chi connectivity index (χ3v) is 5.16. The molecule has 4 N–H and O–H groups in total. The number of benzene rings is 1. The van der Waals surface area contributed by atoms with Gasteiger partial charge in [0, 0.05) is 23.6 Å². The van der Waals surface area contributed by atoms with Crippen LogP contribution in [0.2, 0.25) is 0 Å². The highest BCUT2D eigenvalue weighted by Crippen LogP contribution is 2.47. The van der Waals surface area contributed by atoms with Crippen LogP contribution in [0.4, 0.5) is 5.82 Å². The summed E-state index contributed by atoms with van der Waals surface area (Å²) in [4.78, 5) is 36.1. The van der Waals surface area contributed by atoms with Crippen LogP contribution >= 0.6 is 0 Å². The lowest BCUT2D eigenvalue weighted by Gasteiger charge is -2.37. The standard InChI is InChI=1S/C20H21N3O5/c1-20(2)7-12-16(13(24)8-20)15(17-18(21-12)22-23-19(17)27)10-3-5-11(6-4-10)28-9-14(25)26/h3-6,15H,7-9H2,1-2H3,(H,25,26)(H3,21,22,23,27)/t15-/m0/s1. The fraction of sp³-hybridized carbons (Fsp3) is 0.350. The minimum Gasteiger partial charge on any atom is -0.482 e. The molecule has 0 spiro atoms. The maximum absolute atomic E-state index is 13.0. The fourth-order valence-electron chi connectivity index (χ4n) is 4.05. The molecule has 4 rings (SSSR count). The summed E-state index contributed by atoms with van der Waals surface area (Å²) in [5, 5.41) is 17.4. The second-order valence-corrected chi connectivity index (χ2v) is 8.01. The monoisotopic (exact) mass is 383 g/mol. The van der Waals surface area contributed by atoms with Crippen LogP contribution < -0.4 is 15.6 Å². The minimum absolute atomic E-state index is 0.0289. The lowest BCUT2D eigenvalue weighted by Crippen LogP contribution is -2.34. The number of rotatable bonds is 4. The van der Waals surface area contributed by atoms with Gasteiger partial charge < -0.3 is 15.2 Å². The third kappa shape index (κ3) is 3.11. The number of hydrogen-bond donors (Lipinski definition) is 4. The number of allylic oxidation sites excluding steroid dienone is 2. The van der Waals surface area contributed by atoms with Crippen LogP contribution in [-0.2, 0) is 9.59 Å². The molecule has 0 amide bonds. The minimum atomic E-state index is -1.06. The zero-order chi connectivity index (χ0) is 20.1. The molecule has 0 saturated heterocycles. The Bertz CT molecular complexity index is 1040. The molecule has 8 heteroatoms. The van der Waals surface area contributed by atoms with Crippen molar-refractivity contribution in [3.05, 3.63) is 57.0 Å². The SMILES string of the molecule is CC1(C)CC(=O)C2=C(C1)Nc1[nH][nH]c(=O)c1[C@H]2c1ccc(OCC(=O)O)cc1. The molecule has 1 atom stereocenters. The Morgan fingerprint density at radius 2 is 1.89 bits per heavy atom. The number of hydrogen-bond acceptors (Lipinski definition) is 5. The van der Waals surface area contributed by atoms with Crippen LogP contribution in [0.5, 0.6) is 5.75 Å². The van der Waals surface area contributed by atoms with Gasteiger partial charge in [-0.2, -0.15) is 0 Å². The molecule has 2 aliphatic rings. The molecule has 1 aromatic heterocycles. The van der Waals surface area contributed by atoms with Gasteiger partial charge in [-0.05, 0) is 29.5 Å². The first-order valence-electron chi connectivity index (χ1n) is 9.03. The molecular weight excluding hydrogens is 362 g/mol. The van der Waals surface area contributed by atoms with Gasteiger partial charge in [-0.25, -0.2) is 4.79 Å². The molecule has 28 heavy (non-hydrogen) atoms. The number of nitrogens with one attached hydrogen (secondary N) is 3. The van der Waals surface area contributed by atoms with E-state index in [-0.39, 0.29) is 16.8 Å². The van der Waals surface area contributed by atoms with Crippen molar-refractivity contribution in [3.8, 4) is 5.75 Å². The van der Waals surface area contributed by atoms with E-state index in [1.54, 1.807) is 24.3 Å². The lowest BCUT2D eigenvalue weighted by molar-refractivity contribution is -0.139. The van der Waals surface area contributed by atoms with E-state index >= 15 is 0 Å². The maximum atomic E-state index is 13.0. The first-order valence-corrected chi connectivity index (χ1v) is 9.03. The van der Waals surface area contributed by atoms with Crippen molar-refractivity contribution in [2.24, 2.45) is 5.41 Å². The Hall–Kier alpha value is -3.29. The third-order valence-electron chi connectivity index (χ3n) is 5.16. The predicted molar refractivity (Wildman–Crippen MR) is 101 cm³/mol. The first kappa shape index (κ1) is 18.1. The molecule has 1 aliphatic heterocycles. The second-order valence-electron chi connectivity index (χ2n) is 8.01. The van der Waals surface area contributed by atoms with Crippen LogP contribution in [0.3, 0.4) is 0 Å². The molecule has 2 aromatic rings. The molecule has 8 nitrogen and oxygen atoms in total. The van der Waals surface area contributed by atoms with Gasteiger partial charge in [-0.1, -0.05) is 26.0 Å². The van der Waals surface area contributed by atoms with Crippen molar-refractivity contribution in [3.63, 3.8) is 0 Å². The van der Waals surface area contributed by atoms with E-state index in [1.807, 2.05) is 0 Å². The molecule has 0 fully saturated rings. The van der Waals surface area contributed by atoms with Crippen LogP contribution in [0, 0.1) is 5.41 Å². The highest BCUT2D eigenvalue weighted by Gasteiger charge is 2.42. The number of aliphatic carboxylic acids is 1. The number of fused-ring (bicyclic) bond motifs is 1. The topological polar surface area (TPSA) is 124 Å². The van der Waals surface area contributed by atoms with Gasteiger partial charge in [0.15, 0.2) is 12.4 Å². The number of aromatic nitrogens is 2. The molecule has 0 radical (unpaired) electrons. The summed E-state index contributed by atoms with van der Waals surface area (Å²) in [6, 6.07) is 6.83. The van der Waals surface area contributed by atoms with Gasteiger partial charge in [-0.15, -0.1) is 0 Å². The zero-order valence-electron chi connectivity index (χ0n) is 15.6. The number of Topliss-reactive ketones (excluding diaryl/α,β-unsaturated/α-hetero) is 1. The van der Waals surface area contributed by atoms with E-state index in [4.69, 9.17) is 9.84 Å². The van der Waals surface area contributed by atoms with Crippen molar-refractivity contribution in [1.82, 2.24) is 10.2 Å². The van der Waals surface area contributed by atoms with E-state index in [1.165, 1.54) is 0 Å². The molecule has 0 saturated carbocycles. The van der Waals surface area contributed by atoms with Crippen molar-refractivity contribution in [1.29, 1.82) is 0 Å². The van der Waals surface area contributed by atoms with Crippen molar-refractivity contribution < 1.29 is 19.4 Å². The molecule has 146 valence electrons. The number of carbonyl (C=O) groups is 2. The number of anilines is 1. The van der Waals surface area contributed by atoms with Gasteiger partial charge in [0.05, 0.1) is 5.56 Å². The molecule has 2 heterocycles. The number of carboxylic acid groups (broad SMARTS) is 1. The summed E-state index contributed by atoms with van der Waals surface area (Å²) < 4.78 is 5.18. The molecule has 1 aliphatic carbocycles. The number of aromatic amines is 2. The summed E-state index contributed by atoms with van der Waals surface area (Å²) in [5.74, 6) is -0.533. The predicted octanol–water partition coefficient (Wildman–Crippen LogP) is 2.37. The summed E-state index contributed by atoms with van der Waals surface area (Å²) in [6.45, 7) is 3.67. The number of carbonyl (C=O) groups excluding carboxylic acids is 1. The van der Waals surface area contributed by atoms with Gasteiger partial charge in [0.1, 0.15) is 11.6 Å². The molecular formula is C20H21N3O5. The highest BCUT2D eigenvalue weighted by atomic mass is 16.5. The quantitative estimate of drug-likeness (QED) is 0.642. The normalized spacial score (nSPS) is 20.2. The smallest absolute Gasteiger partial charge is 0.341 e. The largest absolute Gasteiger partial charge is 0.482 e. The number of ketones is 1. The Morgan fingerprint density at radius 3 is 2.57 bits per heavy atom. The summed E-state index contributed by atoms with van der Waals surface area (Å²) >= 11 is 0. The Kier molecular flexibility index (Phi) is 4.14. The van der Waals surface area contributed by atoms with Gasteiger partial charge >= 0.3 is 5.97 Å².